The Hall–Kier alpha value is -1.07. The highest BCUT2D eigenvalue weighted by atomic mass is 32.2. The molecule has 1 atom stereocenters. The molecule has 1 aromatic rings. The van der Waals surface area contributed by atoms with Crippen LogP contribution in [0.25, 0.3) is 0 Å². The second kappa shape index (κ2) is 5.04. The first-order valence-corrected chi connectivity index (χ1v) is 8.43. The molecule has 2 rings (SSSR count). The molecule has 1 unspecified atom stereocenters. The average Bonchev–Trinajstić information content (AvgIpc) is 2.77. The van der Waals surface area contributed by atoms with Crippen LogP contribution in [-0.2, 0) is 10.0 Å². The minimum absolute atomic E-state index is 0.127. The second-order valence-corrected chi connectivity index (χ2v) is 8.58. The molecule has 0 aliphatic carbocycles. The summed E-state index contributed by atoms with van der Waals surface area (Å²) >= 11 is 0. The van der Waals surface area contributed by atoms with E-state index in [4.69, 9.17) is 5.73 Å². The molecule has 0 radical (unpaired) electrons. The van der Waals surface area contributed by atoms with E-state index in [0.717, 1.165) is 6.42 Å². The van der Waals surface area contributed by atoms with Crippen molar-refractivity contribution < 1.29 is 8.42 Å². The van der Waals surface area contributed by atoms with Crippen LogP contribution < -0.4 is 5.73 Å². The highest BCUT2D eigenvalue weighted by Gasteiger charge is 2.38. The van der Waals surface area contributed by atoms with Crippen molar-refractivity contribution in [2.45, 2.75) is 39.0 Å². The Morgan fingerprint density at radius 1 is 1.30 bits per heavy atom. The Labute approximate surface area is 122 Å². The summed E-state index contributed by atoms with van der Waals surface area (Å²) in [6.45, 7) is 9.44. The Balaban J connectivity index is 2.34. The molecule has 0 amide bonds. The number of nitrogens with zero attached hydrogens (tertiary/aromatic N) is 1. The quantitative estimate of drug-likeness (QED) is 0.853. The third-order valence-electron chi connectivity index (χ3n) is 4.22. The Morgan fingerprint density at radius 2 is 1.95 bits per heavy atom. The number of sulfonamides is 1. The lowest BCUT2D eigenvalue weighted by Gasteiger charge is -2.27. The maximum atomic E-state index is 12.8. The van der Waals surface area contributed by atoms with E-state index in [-0.39, 0.29) is 10.3 Å². The number of benzene rings is 1. The molecule has 1 saturated heterocycles. The topological polar surface area (TPSA) is 63.4 Å². The number of hydrogen-bond donors (Lipinski definition) is 1. The highest BCUT2D eigenvalue weighted by molar-refractivity contribution is 7.89. The summed E-state index contributed by atoms with van der Waals surface area (Å²) in [5, 5.41) is 0. The van der Waals surface area contributed by atoms with E-state index in [1.54, 1.807) is 29.4 Å². The summed E-state index contributed by atoms with van der Waals surface area (Å²) in [4.78, 5) is 0.273. The van der Waals surface area contributed by atoms with Crippen LogP contribution in [0.2, 0.25) is 0 Å². The number of aryl methyl sites for hydroxylation is 1. The van der Waals surface area contributed by atoms with Gasteiger partial charge in [-0.3, -0.25) is 0 Å². The van der Waals surface area contributed by atoms with Crippen LogP contribution in [0, 0.1) is 18.3 Å². The van der Waals surface area contributed by atoms with Crippen LogP contribution in [0.5, 0.6) is 0 Å². The first-order valence-electron chi connectivity index (χ1n) is 6.99. The average molecular weight is 296 g/mol. The summed E-state index contributed by atoms with van der Waals surface area (Å²) in [5.74, 6) is 0.391. The van der Waals surface area contributed by atoms with E-state index in [2.05, 4.69) is 20.8 Å². The maximum Gasteiger partial charge on any atom is 0.245 e. The van der Waals surface area contributed by atoms with Crippen LogP contribution in [0.4, 0.5) is 5.69 Å². The lowest BCUT2D eigenvalue weighted by atomic mass is 9.80. The summed E-state index contributed by atoms with van der Waals surface area (Å²) in [6, 6.07) is 5.23. The molecule has 1 fully saturated rings. The van der Waals surface area contributed by atoms with Crippen LogP contribution in [0.15, 0.2) is 23.1 Å². The molecule has 4 nitrogen and oxygen atoms in total. The van der Waals surface area contributed by atoms with Crippen molar-refractivity contribution >= 4 is 15.7 Å². The van der Waals surface area contributed by atoms with E-state index in [0.29, 0.717) is 30.3 Å². The van der Waals surface area contributed by atoms with Gasteiger partial charge in [0.1, 0.15) is 4.90 Å². The number of nitrogen functional groups attached to an aromatic ring is 1. The SMILES string of the molecule is Cc1cccc(N)c1S(=O)(=O)N1CCC(C(C)(C)C)C1. The van der Waals surface area contributed by atoms with Crippen molar-refractivity contribution in [2.24, 2.45) is 11.3 Å². The molecule has 112 valence electrons. The minimum Gasteiger partial charge on any atom is -0.398 e. The summed E-state index contributed by atoms with van der Waals surface area (Å²) in [6.07, 6.45) is 0.911. The Bertz CT molecular complexity index is 583. The lowest BCUT2D eigenvalue weighted by Crippen LogP contribution is -2.32. The van der Waals surface area contributed by atoms with Crippen LogP contribution >= 0.6 is 0 Å². The van der Waals surface area contributed by atoms with Crippen molar-refractivity contribution in [3.8, 4) is 0 Å². The van der Waals surface area contributed by atoms with Crippen molar-refractivity contribution in [3.05, 3.63) is 23.8 Å². The van der Waals surface area contributed by atoms with Gasteiger partial charge < -0.3 is 5.73 Å². The highest BCUT2D eigenvalue weighted by Crippen LogP contribution is 2.37. The molecule has 5 heteroatoms. The summed E-state index contributed by atoms with van der Waals surface area (Å²) < 4.78 is 27.2. The van der Waals surface area contributed by atoms with Gasteiger partial charge >= 0.3 is 0 Å². The molecule has 1 aliphatic rings. The monoisotopic (exact) mass is 296 g/mol. The van der Waals surface area contributed by atoms with Gasteiger partial charge in [-0.2, -0.15) is 4.31 Å². The van der Waals surface area contributed by atoms with Crippen molar-refractivity contribution in [1.29, 1.82) is 0 Å². The first-order chi connectivity index (χ1) is 9.14. The van der Waals surface area contributed by atoms with Gasteiger partial charge in [-0.1, -0.05) is 32.9 Å². The molecular formula is C15H24N2O2S. The van der Waals surface area contributed by atoms with Crippen LogP contribution in [0.1, 0.15) is 32.8 Å². The van der Waals surface area contributed by atoms with Gasteiger partial charge in [-0.05, 0) is 36.3 Å². The molecule has 1 aromatic carbocycles. The van der Waals surface area contributed by atoms with Gasteiger partial charge in [0.15, 0.2) is 0 Å². The van der Waals surface area contributed by atoms with E-state index < -0.39 is 10.0 Å². The largest absolute Gasteiger partial charge is 0.398 e. The number of anilines is 1. The Morgan fingerprint density at radius 3 is 2.45 bits per heavy atom. The number of nitrogens with two attached hydrogens (primary N) is 1. The maximum absolute atomic E-state index is 12.8. The summed E-state index contributed by atoms with van der Waals surface area (Å²) in [5.41, 5.74) is 7.07. The molecule has 0 aromatic heterocycles. The minimum atomic E-state index is -3.48. The Kier molecular flexibility index (Phi) is 3.86. The van der Waals surface area contributed by atoms with Gasteiger partial charge in [-0.15, -0.1) is 0 Å². The fourth-order valence-electron chi connectivity index (χ4n) is 2.81. The third kappa shape index (κ3) is 2.69. The van der Waals surface area contributed by atoms with Gasteiger partial charge in [0.05, 0.1) is 5.69 Å². The first kappa shape index (κ1) is 15.3. The van der Waals surface area contributed by atoms with Crippen molar-refractivity contribution in [3.63, 3.8) is 0 Å². The zero-order valence-corrected chi connectivity index (χ0v) is 13.5. The summed E-state index contributed by atoms with van der Waals surface area (Å²) in [7, 11) is -3.48. The van der Waals surface area contributed by atoms with Crippen LogP contribution in [-0.4, -0.2) is 25.8 Å². The van der Waals surface area contributed by atoms with Gasteiger partial charge in [-0.25, -0.2) is 8.42 Å². The third-order valence-corrected chi connectivity index (χ3v) is 6.30. The standard InChI is InChI=1S/C15H24N2O2S/c1-11-6-5-7-13(16)14(11)20(18,19)17-9-8-12(10-17)15(2,3)4/h5-7,12H,8-10,16H2,1-4H3. The zero-order chi connectivity index (χ0) is 15.1. The molecule has 20 heavy (non-hydrogen) atoms. The molecule has 0 spiro atoms. The number of rotatable bonds is 2. The van der Waals surface area contributed by atoms with Gasteiger partial charge in [0, 0.05) is 13.1 Å². The van der Waals surface area contributed by atoms with E-state index in [1.165, 1.54) is 0 Å². The van der Waals surface area contributed by atoms with Gasteiger partial charge in [0.25, 0.3) is 0 Å². The molecule has 1 heterocycles. The molecular weight excluding hydrogens is 272 g/mol. The fourth-order valence-corrected chi connectivity index (χ4v) is 4.63. The molecule has 0 saturated carbocycles. The zero-order valence-electron chi connectivity index (χ0n) is 12.7. The fraction of sp³-hybridized carbons (Fsp3) is 0.600. The lowest BCUT2D eigenvalue weighted by molar-refractivity contribution is 0.252. The molecule has 1 aliphatic heterocycles. The molecule has 2 N–H and O–H groups in total. The van der Waals surface area contributed by atoms with E-state index in [9.17, 15) is 8.42 Å². The smallest absolute Gasteiger partial charge is 0.245 e. The van der Waals surface area contributed by atoms with Crippen LogP contribution in [0.3, 0.4) is 0 Å². The van der Waals surface area contributed by atoms with Crippen molar-refractivity contribution in [2.75, 3.05) is 18.8 Å². The normalized spacial score (nSPS) is 21.3. The molecule has 0 bridgehead atoms. The van der Waals surface area contributed by atoms with Crippen molar-refractivity contribution in [1.82, 2.24) is 4.31 Å². The predicted molar refractivity (Wildman–Crippen MR) is 81.9 cm³/mol. The number of hydrogen-bond acceptors (Lipinski definition) is 3. The van der Waals surface area contributed by atoms with E-state index in [1.807, 2.05) is 0 Å². The second-order valence-electron chi connectivity index (χ2n) is 6.71. The van der Waals surface area contributed by atoms with E-state index >= 15 is 0 Å². The van der Waals surface area contributed by atoms with Gasteiger partial charge in [0.2, 0.25) is 10.0 Å². The predicted octanol–water partition coefficient (Wildman–Crippen LogP) is 2.63.